The van der Waals surface area contributed by atoms with Crippen molar-refractivity contribution in [3.05, 3.63) is 34.8 Å². The van der Waals surface area contributed by atoms with E-state index in [1.54, 1.807) is 31.4 Å². The molecule has 0 aliphatic rings. The van der Waals surface area contributed by atoms with Crippen molar-refractivity contribution in [1.82, 2.24) is 15.5 Å². The van der Waals surface area contributed by atoms with Crippen LogP contribution in [0, 0.1) is 5.92 Å². The number of anilines is 1. The molecule has 0 aliphatic heterocycles. The second-order valence-electron chi connectivity index (χ2n) is 5.88. The molecule has 1 heterocycles. The molecule has 0 bridgehead atoms. The monoisotopic (exact) mass is 362 g/mol. The third-order valence-electron chi connectivity index (χ3n) is 3.26. The van der Waals surface area contributed by atoms with Gasteiger partial charge in [0.25, 0.3) is 5.91 Å². The highest BCUT2D eigenvalue weighted by Crippen LogP contribution is 2.16. The molecule has 134 valence electrons. The first-order valence-corrected chi connectivity index (χ1v) is 8.84. The average Bonchev–Trinajstić information content (AvgIpc) is 3.01. The third kappa shape index (κ3) is 6.15. The number of nitrogens with zero attached hydrogens (tertiary/aromatic N) is 2. The Kier molecular flexibility index (Phi) is 6.88. The van der Waals surface area contributed by atoms with E-state index in [4.69, 9.17) is 4.74 Å². The zero-order chi connectivity index (χ0) is 18.2. The largest absolute Gasteiger partial charge is 0.497 e. The van der Waals surface area contributed by atoms with Gasteiger partial charge in [-0.15, -0.1) is 10.2 Å². The molecule has 8 heteroatoms. The maximum atomic E-state index is 12.1. The van der Waals surface area contributed by atoms with Gasteiger partial charge in [-0.3, -0.25) is 9.59 Å². The number of hydrogen-bond donors (Lipinski definition) is 2. The summed E-state index contributed by atoms with van der Waals surface area (Å²) in [6.45, 7) is 4.40. The van der Waals surface area contributed by atoms with E-state index in [1.807, 2.05) is 13.8 Å². The van der Waals surface area contributed by atoms with Gasteiger partial charge in [0.05, 0.1) is 7.11 Å². The van der Waals surface area contributed by atoms with Crippen molar-refractivity contribution in [2.45, 2.75) is 26.7 Å². The fraction of sp³-hybridized carbons (Fsp3) is 0.412. The Morgan fingerprint density at radius 1 is 1.28 bits per heavy atom. The van der Waals surface area contributed by atoms with Gasteiger partial charge in [0.1, 0.15) is 10.8 Å². The number of carbonyl (C=O) groups excluding carboxylic acids is 2. The van der Waals surface area contributed by atoms with Gasteiger partial charge in [-0.05, 0) is 24.1 Å². The van der Waals surface area contributed by atoms with Gasteiger partial charge in [-0.1, -0.05) is 31.3 Å². The van der Waals surface area contributed by atoms with Gasteiger partial charge in [-0.2, -0.15) is 0 Å². The number of carbonyl (C=O) groups is 2. The molecule has 0 unspecified atom stereocenters. The average molecular weight is 362 g/mol. The minimum atomic E-state index is -0.172. The minimum absolute atomic E-state index is 0.0657. The van der Waals surface area contributed by atoms with Crippen molar-refractivity contribution in [1.29, 1.82) is 0 Å². The maximum Gasteiger partial charge on any atom is 0.251 e. The summed E-state index contributed by atoms with van der Waals surface area (Å²) in [7, 11) is 1.56. The number of ether oxygens (including phenoxy) is 1. The van der Waals surface area contributed by atoms with Crippen LogP contribution in [0.1, 0.15) is 35.6 Å². The van der Waals surface area contributed by atoms with Crippen molar-refractivity contribution < 1.29 is 14.3 Å². The number of rotatable bonds is 8. The number of methoxy groups -OCH3 is 1. The lowest BCUT2D eigenvalue weighted by molar-refractivity contribution is -0.116. The van der Waals surface area contributed by atoms with Crippen molar-refractivity contribution in [3.63, 3.8) is 0 Å². The number of aromatic nitrogens is 2. The fourth-order valence-corrected chi connectivity index (χ4v) is 2.85. The summed E-state index contributed by atoms with van der Waals surface area (Å²) in [5, 5.41) is 14.8. The highest BCUT2D eigenvalue weighted by molar-refractivity contribution is 7.15. The predicted molar refractivity (Wildman–Crippen MR) is 97.0 cm³/mol. The first-order chi connectivity index (χ1) is 12.0. The standard InChI is InChI=1S/C17H22N4O3S/c1-11(2)9-14(22)19-17-21-20-15(25-17)7-8-18-16(23)12-5-4-6-13(10-12)24-3/h4-6,10-11H,7-9H2,1-3H3,(H,18,23)(H,19,21,22). The van der Waals surface area contributed by atoms with Crippen LogP contribution in [0.15, 0.2) is 24.3 Å². The van der Waals surface area contributed by atoms with Crippen LogP contribution < -0.4 is 15.4 Å². The molecule has 2 rings (SSSR count). The molecule has 0 radical (unpaired) electrons. The smallest absolute Gasteiger partial charge is 0.251 e. The van der Waals surface area contributed by atoms with E-state index >= 15 is 0 Å². The van der Waals surface area contributed by atoms with E-state index in [-0.39, 0.29) is 11.8 Å². The van der Waals surface area contributed by atoms with Crippen LogP contribution in [-0.2, 0) is 11.2 Å². The lowest BCUT2D eigenvalue weighted by Crippen LogP contribution is -2.25. The highest BCUT2D eigenvalue weighted by atomic mass is 32.1. The highest BCUT2D eigenvalue weighted by Gasteiger charge is 2.11. The maximum absolute atomic E-state index is 12.1. The zero-order valence-corrected chi connectivity index (χ0v) is 15.4. The summed E-state index contributed by atoms with van der Waals surface area (Å²) in [5.41, 5.74) is 0.540. The van der Waals surface area contributed by atoms with E-state index in [2.05, 4.69) is 20.8 Å². The van der Waals surface area contributed by atoms with Crippen LogP contribution >= 0.6 is 11.3 Å². The van der Waals surface area contributed by atoms with Crippen LogP contribution in [0.5, 0.6) is 5.75 Å². The molecule has 2 N–H and O–H groups in total. The second kappa shape index (κ2) is 9.12. The Labute approximate surface area is 150 Å². The molecule has 0 fully saturated rings. The molecule has 7 nitrogen and oxygen atoms in total. The SMILES string of the molecule is COc1cccc(C(=O)NCCc2nnc(NC(=O)CC(C)C)s2)c1. The molecule has 1 aromatic carbocycles. The lowest BCUT2D eigenvalue weighted by atomic mass is 10.1. The molecule has 0 atom stereocenters. The molecule has 0 aliphatic carbocycles. The lowest BCUT2D eigenvalue weighted by Gasteiger charge is -2.05. The summed E-state index contributed by atoms with van der Waals surface area (Å²) in [4.78, 5) is 23.8. The third-order valence-corrected chi connectivity index (χ3v) is 4.16. The Morgan fingerprint density at radius 2 is 2.08 bits per heavy atom. The first-order valence-electron chi connectivity index (χ1n) is 8.02. The van der Waals surface area contributed by atoms with Crippen LogP contribution in [0.2, 0.25) is 0 Å². The second-order valence-corrected chi connectivity index (χ2v) is 6.95. The van der Waals surface area contributed by atoms with Crippen molar-refractivity contribution >= 4 is 28.3 Å². The van der Waals surface area contributed by atoms with Gasteiger partial charge in [0.15, 0.2) is 0 Å². The molecule has 2 aromatic rings. The number of nitrogens with one attached hydrogen (secondary N) is 2. The van der Waals surface area contributed by atoms with E-state index in [0.717, 1.165) is 5.01 Å². The summed E-state index contributed by atoms with van der Waals surface area (Å²) in [6.07, 6.45) is 0.999. The molecular formula is C17H22N4O3S. The minimum Gasteiger partial charge on any atom is -0.497 e. The van der Waals surface area contributed by atoms with Gasteiger partial charge in [0.2, 0.25) is 11.0 Å². The predicted octanol–water partition coefficient (Wildman–Crippen LogP) is 2.50. The van der Waals surface area contributed by atoms with Crippen LogP contribution in [0.3, 0.4) is 0 Å². The van der Waals surface area contributed by atoms with E-state index in [1.165, 1.54) is 11.3 Å². The molecule has 2 amide bonds. The Morgan fingerprint density at radius 3 is 2.80 bits per heavy atom. The Balaban J connectivity index is 1.80. The van der Waals surface area contributed by atoms with Crippen molar-refractivity contribution in [2.75, 3.05) is 19.0 Å². The van der Waals surface area contributed by atoms with Crippen molar-refractivity contribution in [3.8, 4) is 5.75 Å². The van der Waals surface area contributed by atoms with Gasteiger partial charge in [0, 0.05) is 24.9 Å². The summed E-state index contributed by atoms with van der Waals surface area (Å²) >= 11 is 1.32. The zero-order valence-electron chi connectivity index (χ0n) is 14.5. The quantitative estimate of drug-likeness (QED) is 0.753. The summed E-state index contributed by atoms with van der Waals surface area (Å²) in [5.74, 6) is 0.690. The number of benzene rings is 1. The van der Waals surface area contributed by atoms with E-state index in [9.17, 15) is 9.59 Å². The van der Waals surface area contributed by atoms with Gasteiger partial charge in [-0.25, -0.2) is 0 Å². The Bertz CT molecular complexity index is 730. The summed E-state index contributed by atoms with van der Waals surface area (Å²) < 4.78 is 5.11. The molecule has 25 heavy (non-hydrogen) atoms. The van der Waals surface area contributed by atoms with E-state index < -0.39 is 0 Å². The number of hydrogen-bond acceptors (Lipinski definition) is 6. The first kappa shape index (κ1) is 18.9. The topological polar surface area (TPSA) is 93.2 Å². The normalized spacial score (nSPS) is 10.6. The molecule has 0 spiro atoms. The van der Waals surface area contributed by atoms with Crippen LogP contribution in [0.4, 0.5) is 5.13 Å². The van der Waals surface area contributed by atoms with Crippen LogP contribution in [-0.4, -0.2) is 35.7 Å². The van der Waals surface area contributed by atoms with Crippen LogP contribution in [0.25, 0.3) is 0 Å². The molecule has 0 saturated heterocycles. The van der Waals surface area contributed by atoms with Gasteiger partial charge < -0.3 is 15.4 Å². The number of amides is 2. The Hall–Kier alpha value is -2.48. The summed E-state index contributed by atoms with van der Waals surface area (Å²) in [6, 6.07) is 6.96. The molecular weight excluding hydrogens is 340 g/mol. The van der Waals surface area contributed by atoms with Gasteiger partial charge >= 0.3 is 0 Å². The molecule has 0 saturated carbocycles. The molecule has 1 aromatic heterocycles. The van der Waals surface area contributed by atoms with E-state index in [0.29, 0.717) is 41.7 Å². The van der Waals surface area contributed by atoms with Crippen molar-refractivity contribution in [2.24, 2.45) is 5.92 Å². The fourth-order valence-electron chi connectivity index (χ4n) is 2.10.